The second-order valence-electron chi connectivity index (χ2n) is 6.94. The van der Waals surface area contributed by atoms with Gasteiger partial charge in [-0.3, -0.25) is 4.79 Å². The Bertz CT molecular complexity index is 959. The minimum Gasteiger partial charge on any atom is -0.481 e. The number of nitrogens with zero attached hydrogens (tertiary/aromatic N) is 5. The van der Waals surface area contributed by atoms with Gasteiger partial charge in [-0.15, -0.1) is 0 Å². The van der Waals surface area contributed by atoms with Gasteiger partial charge in [0.05, 0.1) is 25.0 Å². The molecule has 0 fully saturated rings. The van der Waals surface area contributed by atoms with Crippen molar-refractivity contribution in [3.63, 3.8) is 0 Å². The number of amides is 1. The summed E-state index contributed by atoms with van der Waals surface area (Å²) >= 11 is 0. The summed E-state index contributed by atoms with van der Waals surface area (Å²) in [5, 5.41) is 0. The first-order chi connectivity index (χ1) is 13.6. The summed E-state index contributed by atoms with van der Waals surface area (Å²) in [4.78, 5) is 31.0. The number of fused-ring (bicyclic) bond motifs is 1. The molecular formula is C20H24N6O2. The zero-order valence-electron chi connectivity index (χ0n) is 16.2. The van der Waals surface area contributed by atoms with Crippen LogP contribution < -0.4 is 4.74 Å². The van der Waals surface area contributed by atoms with E-state index in [0.717, 1.165) is 48.0 Å². The van der Waals surface area contributed by atoms with Crippen molar-refractivity contribution in [2.75, 3.05) is 13.7 Å². The number of imidazole rings is 2. The average molecular weight is 380 g/mol. The highest BCUT2D eigenvalue weighted by Gasteiger charge is 2.23. The lowest BCUT2D eigenvalue weighted by molar-refractivity contribution is -0.132. The summed E-state index contributed by atoms with van der Waals surface area (Å²) in [6.07, 6.45) is 7.60. The van der Waals surface area contributed by atoms with Crippen LogP contribution in [0.2, 0.25) is 0 Å². The molecule has 1 aliphatic rings. The molecule has 1 aliphatic heterocycles. The van der Waals surface area contributed by atoms with E-state index in [2.05, 4.69) is 19.5 Å². The highest BCUT2D eigenvalue weighted by Crippen LogP contribution is 2.23. The van der Waals surface area contributed by atoms with Gasteiger partial charge >= 0.3 is 0 Å². The van der Waals surface area contributed by atoms with Crippen LogP contribution in [-0.4, -0.2) is 49.0 Å². The molecule has 4 heterocycles. The van der Waals surface area contributed by atoms with Crippen molar-refractivity contribution in [2.45, 2.75) is 39.3 Å². The molecule has 0 aromatic carbocycles. The van der Waals surface area contributed by atoms with Crippen LogP contribution in [0.5, 0.6) is 5.88 Å². The number of H-pyrrole nitrogens is 1. The standard InChI is InChI=1S/C20H24N6O2/c1-14-21-8-11-25(14)9-3-4-19(27)26-10-7-16-17(13-26)24-20(23-16)15-5-6-18(28-2)22-12-15/h5-6,8,11-12H,3-4,7,9-10,13H2,1-2H3,(H,23,24). The first-order valence-electron chi connectivity index (χ1n) is 9.47. The molecule has 1 N–H and O–H groups in total. The molecule has 8 nitrogen and oxygen atoms in total. The maximum atomic E-state index is 12.6. The van der Waals surface area contributed by atoms with Crippen LogP contribution in [0.15, 0.2) is 30.7 Å². The lowest BCUT2D eigenvalue weighted by Crippen LogP contribution is -2.36. The van der Waals surface area contributed by atoms with Crippen molar-refractivity contribution in [3.05, 3.63) is 47.9 Å². The highest BCUT2D eigenvalue weighted by molar-refractivity contribution is 5.76. The fraction of sp³-hybridized carbons (Fsp3) is 0.400. The molecule has 0 atom stereocenters. The molecule has 0 saturated carbocycles. The SMILES string of the molecule is COc1ccc(-c2nc3c([nH]2)CN(C(=O)CCCn2ccnc2C)CC3)cn1. The van der Waals surface area contributed by atoms with E-state index in [1.54, 1.807) is 19.5 Å². The van der Waals surface area contributed by atoms with Crippen LogP contribution in [0.25, 0.3) is 11.4 Å². The van der Waals surface area contributed by atoms with Crippen molar-refractivity contribution in [3.8, 4) is 17.3 Å². The molecule has 0 unspecified atom stereocenters. The quantitative estimate of drug-likeness (QED) is 0.709. The molecule has 0 saturated heterocycles. The van der Waals surface area contributed by atoms with E-state index in [-0.39, 0.29) is 5.91 Å². The van der Waals surface area contributed by atoms with Gasteiger partial charge in [-0.25, -0.2) is 15.0 Å². The molecule has 3 aromatic heterocycles. The topological polar surface area (TPSA) is 88.9 Å². The number of ether oxygens (including phenoxy) is 1. The predicted molar refractivity (Wildman–Crippen MR) is 104 cm³/mol. The molecule has 8 heteroatoms. The van der Waals surface area contributed by atoms with Crippen LogP contribution in [0.3, 0.4) is 0 Å². The first-order valence-corrected chi connectivity index (χ1v) is 9.47. The molecule has 3 aromatic rings. The zero-order valence-corrected chi connectivity index (χ0v) is 16.2. The third-order valence-electron chi connectivity index (χ3n) is 5.12. The lowest BCUT2D eigenvalue weighted by atomic mass is 10.1. The fourth-order valence-electron chi connectivity index (χ4n) is 3.48. The van der Waals surface area contributed by atoms with Crippen molar-refractivity contribution < 1.29 is 9.53 Å². The van der Waals surface area contributed by atoms with Crippen LogP contribution in [-0.2, 0) is 24.3 Å². The largest absolute Gasteiger partial charge is 0.481 e. The third-order valence-corrected chi connectivity index (χ3v) is 5.12. The van der Waals surface area contributed by atoms with Crippen LogP contribution in [0.4, 0.5) is 0 Å². The third kappa shape index (κ3) is 3.76. The molecule has 0 radical (unpaired) electrons. The Hall–Kier alpha value is -3.16. The van der Waals surface area contributed by atoms with Crippen LogP contribution in [0.1, 0.15) is 30.1 Å². The number of carbonyl (C=O) groups is 1. The molecule has 0 bridgehead atoms. The number of methoxy groups -OCH3 is 1. The highest BCUT2D eigenvalue weighted by atomic mass is 16.5. The minimum atomic E-state index is 0.186. The fourth-order valence-corrected chi connectivity index (χ4v) is 3.48. The Morgan fingerprint density at radius 1 is 1.32 bits per heavy atom. The number of rotatable bonds is 6. The van der Waals surface area contributed by atoms with Gasteiger partial charge in [0.2, 0.25) is 11.8 Å². The molecular weight excluding hydrogens is 356 g/mol. The Kier molecular flexibility index (Phi) is 5.10. The van der Waals surface area contributed by atoms with E-state index in [4.69, 9.17) is 9.72 Å². The van der Waals surface area contributed by atoms with E-state index in [1.165, 1.54) is 0 Å². The van der Waals surface area contributed by atoms with Gasteiger partial charge in [0.15, 0.2) is 0 Å². The van der Waals surface area contributed by atoms with Gasteiger partial charge in [-0.2, -0.15) is 0 Å². The van der Waals surface area contributed by atoms with Gasteiger partial charge < -0.3 is 19.2 Å². The lowest BCUT2D eigenvalue weighted by Gasteiger charge is -2.26. The molecule has 1 amide bonds. The van der Waals surface area contributed by atoms with Crippen molar-refractivity contribution in [1.29, 1.82) is 0 Å². The Balaban J connectivity index is 1.36. The van der Waals surface area contributed by atoms with E-state index in [0.29, 0.717) is 25.4 Å². The summed E-state index contributed by atoms with van der Waals surface area (Å²) in [6.45, 7) is 4.08. The number of aromatic nitrogens is 5. The number of pyridine rings is 1. The van der Waals surface area contributed by atoms with Gasteiger partial charge in [0.25, 0.3) is 0 Å². The Morgan fingerprint density at radius 3 is 2.93 bits per heavy atom. The molecule has 146 valence electrons. The maximum absolute atomic E-state index is 12.6. The van der Waals surface area contributed by atoms with Crippen LogP contribution in [0, 0.1) is 6.92 Å². The minimum absolute atomic E-state index is 0.186. The van der Waals surface area contributed by atoms with E-state index < -0.39 is 0 Å². The number of aryl methyl sites for hydroxylation is 2. The van der Waals surface area contributed by atoms with Crippen molar-refractivity contribution >= 4 is 5.91 Å². The number of carbonyl (C=O) groups excluding carboxylic acids is 1. The average Bonchev–Trinajstić information content (AvgIpc) is 3.33. The molecule has 28 heavy (non-hydrogen) atoms. The van der Waals surface area contributed by atoms with E-state index in [9.17, 15) is 4.79 Å². The Morgan fingerprint density at radius 2 is 2.21 bits per heavy atom. The zero-order chi connectivity index (χ0) is 19.5. The normalized spacial score (nSPS) is 13.4. The predicted octanol–water partition coefficient (Wildman–Crippen LogP) is 2.35. The molecule has 0 spiro atoms. The summed E-state index contributed by atoms with van der Waals surface area (Å²) < 4.78 is 7.17. The smallest absolute Gasteiger partial charge is 0.222 e. The van der Waals surface area contributed by atoms with Gasteiger partial charge in [-0.1, -0.05) is 0 Å². The van der Waals surface area contributed by atoms with E-state index in [1.807, 2.05) is 30.2 Å². The van der Waals surface area contributed by atoms with Gasteiger partial charge in [-0.05, 0) is 19.4 Å². The van der Waals surface area contributed by atoms with Crippen molar-refractivity contribution in [2.24, 2.45) is 0 Å². The monoisotopic (exact) mass is 380 g/mol. The molecule has 4 rings (SSSR count). The number of nitrogens with one attached hydrogen (secondary N) is 1. The summed E-state index contributed by atoms with van der Waals surface area (Å²) in [6, 6.07) is 3.74. The number of hydrogen-bond donors (Lipinski definition) is 1. The van der Waals surface area contributed by atoms with E-state index >= 15 is 0 Å². The number of hydrogen-bond acceptors (Lipinski definition) is 5. The van der Waals surface area contributed by atoms with Gasteiger partial charge in [0.1, 0.15) is 11.6 Å². The first kappa shape index (κ1) is 18.2. The van der Waals surface area contributed by atoms with Crippen LogP contribution >= 0.6 is 0 Å². The summed E-state index contributed by atoms with van der Waals surface area (Å²) in [5.41, 5.74) is 2.95. The van der Waals surface area contributed by atoms with Gasteiger partial charge in [0, 0.05) is 56.2 Å². The Labute approximate surface area is 163 Å². The maximum Gasteiger partial charge on any atom is 0.222 e. The summed E-state index contributed by atoms with van der Waals surface area (Å²) in [7, 11) is 1.59. The molecule has 0 aliphatic carbocycles. The second kappa shape index (κ2) is 7.84. The van der Waals surface area contributed by atoms with Crippen molar-refractivity contribution in [1.82, 2.24) is 29.4 Å². The summed E-state index contributed by atoms with van der Waals surface area (Å²) in [5.74, 6) is 2.52. The number of aromatic amines is 1. The second-order valence-corrected chi connectivity index (χ2v) is 6.94.